The van der Waals surface area contributed by atoms with Crippen molar-refractivity contribution in [1.82, 2.24) is 4.23 Å². The lowest BCUT2D eigenvalue weighted by molar-refractivity contribution is -0.116. The first-order valence-electron chi connectivity index (χ1n) is 7.01. The lowest BCUT2D eigenvalue weighted by Gasteiger charge is -2.20. The molecule has 2 rings (SSSR count). The van der Waals surface area contributed by atoms with Crippen molar-refractivity contribution < 1.29 is 9.53 Å². The molecule has 4 heteroatoms. The van der Waals surface area contributed by atoms with E-state index in [1.807, 2.05) is 6.07 Å². The maximum atomic E-state index is 11.3. The lowest BCUT2D eigenvalue weighted by Crippen LogP contribution is -2.31. The number of Topliss-reactive ketones (excluding diaryl/α,β-unsaturated/α-hetero) is 1. The number of carbonyl (C=O) groups excluding carboxylic acids is 1. The van der Waals surface area contributed by atoms with Crippen LogP contribution < -0.4 is 4.74 Å². The number of nitrogens with zero attached hydrogens (tertiary/aromatic N) is 1. The Morgan fingerprint density at radius 3 is 2.55 bits per heavy atom. The zero-order chi connectivity index (χ0) is 14.9. The largest absolute Gasteiger partial charge is 0.497 e. The quantitative estimate of drug-likeness (QED) is 0.783. The number of rotatable bonds is 5. The number of ether oxygens (including phenoxy) is 1. The van der Waals surface area contributed by atoms with Gasteiger partial charge in [0.05, 0.1) is 7.11 Å². The van der Waals surface area contributed by atoms with Crippen LogP contribution in [-0.2, 0) is 11.2 Å². The Morgan fingerprint density at radius 2 is 2.00 bits per heavy atom. The summed E-state index contributed by atoms with van der Waals surface area (Å²) in [6.07, 6.45) is 3.64. The second kappa shape index (κ2) is 5.44. The Morgan fingerprint density at radius 1 is 1.30 bits per heavy atom. The molecule has 20 heavy (non-hydrogen) atoms. The molecule has 0 radical (unpaired) electrons. The average Bonchev–Trinajstić information content (AvgIpc) is 2.74. The molecule has 0 N–H and O–H groups in total. The zero-order valence-corrected chi connectivity index (χ0v) is 14.0. The fraction of sp³-hybridized carbons (Fsp3) is 0.438. The van der Waals surface area contributed by atoms with Crippen LogP contribution in [0.4, 0.5) is 0 Å². The lowest BCUT2D eigenvalue weighted by atomic mass is 10.1. The molecular weight excluding hydrogens is 266 g/mol. The van der Waals surface area contributed by atoms with Crippen molar-refractivity contribution in [2.75, 3.05) is 7.11 Å². The summed E-state index contributed by atoms with van der Waals surface area (Å²) in [5.74, 6) is 1.11. The molecule has 1 aromatic carbocycles. The zero-order valence-electron chi connectivity index (χ0n) is 13.0. The first kappa shape index (κ1) is 14.8. The Hall–Kier alpha value is -1.55. The highest BCUT2D eigenvalue weighted by atomic mass is 28.3. The van der Waals surface area contributed by atoms with Crippen LogP contribution >= 0.6 is 0 Å². The van der Waals surface area contributed by atoms with Gasteiger partial charge in [-0.25, -0.2) is 0 Å². The van der Waals surface area contributed by atoms with E-state index in [-0.39, 0.29) is 5.78 Å². The molecule has 0 aliphatic rings. The van der Waals surface area contributed by atoms with Crippen LogP contribution in [0, 0.1) is 0 Å². The molecule has 2 aromatic rings. The third kappa shape index (κ3) is 2.95. The minimum atomic E-state index is -1.47. The van der Waals surface area contributed by atoms with Gasteiger partial charge in [0.25, 0.3) is 0 Å². The summed E-state index contributed by atoms with van der Waals surface area (Å²) in [7, 11) is 0.217. The van der Waals surface area contributed by atoms with Crippen LogP contribution in [0.3, 0.4) is 0 Å². The number of aryl methyl sites for hydroxylation is 1. The Bertz CT molecular complexity index is 638. The normalized spacial score (nSPS) is 11.8. The number of aromatic nitrogens is 1. The SMILES string of the molecule is COc1ccc2c(c1)c(CCC(C)=O)cn2[Si](C)(C)C. The van der Waals surface area contributed by atoms with Crippen molar-refractivity contribution in [1.29, 1.82) is 0 Å². The molecule has 108 valence electrons. The van der Waals surface area contributed by atoms with Gasteiger partial charge < -0.3 is 13.8 Å². The van der Waals surface area contributed by atoms with Gasteiger partial charge in [0.2, 0.25) is 0 Å². The van der Waals surface area contributed by atoms with Gasteiger partial charge in [-0.1, -0.05) is 19.6 Å². The number of benzene rings is 1. The van der Waals surface area contributed by atoms with Gasteiger partial charge in [0, 0.05) is 17.3 Å². The third-order valence-corrected chi connectivity index (χ3v) is 5.38. The number of fused-ring (bicyclic) bond motifs is 1. The van der Waals surface area contributed by atoms with E-state index in [0.717, 1.165) is 12.2 Å². The molecule has 0 unspecified atom stereocenters. The highest BCUT2D eigenvalue weighted by Crippen LogP contribution is 2.29. The highest BCUT2D eigenvalue weighted by molar-refractivity contribution is 6.75. The van der Waals surface area contributed by atoms with Crippen molar-refractivity contribution in [2.24, 2.45) is 0 Å². The number of methoxy groups -OCH3 is 1. The second-order valence-corrected chi connectivity index (χ2v) is 11.1. The van der Waals surface area contributed by atoms with Gasteiger partial charge in [0.1, 0.15) is 11.5 Å². The molecule has 0 saturated carbocycles. The fourth-order valence-electron chi connectivity index (χ4n) is 2.47. The van der Waals surface area contributed by atoms with Gasteiger partial charge >= 0.3 is 0 Å². The maximum absolute atomic E-state index is 11.3. The summed E-state index contributed by atoms with van der Waals surface area (Å²) in [4.78, 5) is 11.3. The van der Waals surface area contributed by atoms with Crippen molar-refractivity contribution in [3.8, 4) is 5.75 Å². The van der Waals surface area contributed by atoms with Crippen molar-refractivity contribution >= 4 is 24.9 Å². The van der Waals surface area contributed by atoms with Gasteiger partial charge in [-0.05, 0) is 43.3 Å². The molecule has 1 aromatic heterocycles. The van der Waals surface area contributed by atoms with Gasteiger partial charge in [-0.3, -0.25) is 0 Å². The molecule has 0 spiro atoms. The van der Waals surface area contributed by atoms with Crippen molar-refractivity contribution in [3.63, 3.8) is 0 Å². The number of hydrogen-bond donors (Lipinski definition) is 0. The Balaban J connectivity index is 2.57. The van der Waals surface area contributed by atoms with Crippen LogP contribution in [0.25, 0.3) is 10.9 Å². The van der Waals surface area contributed by atoms with Crippen LogP contribution in [-0.4, -0.2) is 25.4 Å². The van der Waals surface area contributed by atoms with E-state index in [4.69, 9.17) is 4.74 Å². The van der Waals surface area contributed by atoms with E-state index in [1.54, 1.807) is 14.0 Å². The molecule has 1 heterocycles. The summed E-state index contributed by atoms with van der Waals surface area (Å²) in [5, 5.41) is 1.22. The van der Waals surface area contributed by atoms with Crippen LogP contribution in [0.15, 0.2) is 24.4 Å². The summed E-state index contributed by atoms with van der Waals surface area (Å²) in [6, 6.07) is 6.22. The molecule has 0 bridgehead atoms. The molecule has 0 aliphatic heterocycles. The average molecular weight is 289 g/mol. The monoisotopic (exact) mass is 289 g/mol. The summed E-state index contributed by atoms with van der Waals surface area (Å²) in [5.41, 5.74) is 2.50. The summed E-state index contributed by atoms with van der Waals surface area (Å²) in [6.45, 7) is 8.63. The molecule has 0 amide bonds. The number of ketones is 1. The molecule has 0 atom stereocenters. The van der Waals surface area contributed by atoms with E-state index < -0.39 is 8.24 Å². The van der Waals surface area contributed by atoms with Gasteiger partial charge in [-0.2, -0.15) is 0 Å². The number of hydrogen-bond acceptors (Lipinski definition) is 2. The summed E-state index contributed by atoms with van der Waals surface area (Å²) >= 11 is 0. The smallest absolute Gasteiger partial charge is 0.152 e. The minimum absolute atomic E-state index is 0.238. The van der Waals surface area contributed by atoms with Crippen molar-refractivity contribution in [2.45, 2.75) is 39.4 Å². The van der Waals surface area contributed by atoms with E-state index in [1.165, 1.54) is 16.5 Å². The minimum Gasteiger partial charge on any atom is -0.497 e. The molecule has 0 aliphatic carbocycles. The molecule has 0 fully saturated rings. The van der Waals surface area contributed by atoms with Crippen LogP contribution in [0.1, 0.15) is 18.9 Å². The first-order valence-corrected chi connectivity index (χ1v) is 10.5. The first-order chi connectivity index (χ1) is 9.32. The predicted molar refractivity (Wildman–Crippen MR) is 86.2 cm³/mol. The van der Waals surface area contributed by atoms with Gasteiger partial charge in [0.15, 0.2) is 8.24 Å². The van der Waals surface area contributed by atoms with E-state index in [0.29, 0.717) is 6.42 Å². The van der Waals surface area contributed by atoms with E-state index in [2.05, 4.69) is 42.2 Å². The topological polar surface area (TPSA) is 31.2 Å². The Labute approximate surface area is 121 Å². The highest BCUT2D eigenvalue weighted by Gasteiger charge is 2.20. The van der Waals surface area contributed by atoms with Crippen molar-refractivity contribution in [3.05, 3.63) is 30.0 Å². The predicted octanol–water partition coefficient (Wildman–Crippen LogP) is 3.85. The van der Waals surface area contributed by atoms with Crippen LogP contribution in [0.5, 0.6) is 5.75 Å². The Kier molecular flexibility index (Phi) is 4.04. The molecular formula is C16H23NO2Si. The molecule has 0 saturated heterocycles. The van der Waals surface area contributed by atoms with E-state index >= 15 is 0 Å². The third-order valence-electron chi connectivity index (χ3n) is 3.56. The van der Waals surface area contributed by atoms with E-state index in [9.17, 15) is 4.79 Å². The molecule has 3 nitrogen and oxygen atoms in total. The maximum Gasteiger partial charge on any atom is 0.152 e. The number of carbonyl (C=O) groups is 1. The van der Waals surface area contributed by atoms with Crippen LogP contribution in [0.2, 0.25) is 19.6 Å². The standard InChI is InChI=1S/C16H23NO2Si/c1-12(18)6-7-13-11-17(20(3,4)5)16-9-8-14(19-2)10-15(13)16/h8-11H,6-7H2,1-5H3. The summed E-state index contributed by atoms with van der Waals surface area (Å²) < 4.78 is 7.75. The fourth-order valence-corrected chi connectivity index (χ4v) is 3.93. The van der Waals surface area contributed by atoms with Gasteiger partial charge in [-0.15, -0.1) is 0 Å². The second-order valence-electron chi connectivity index (χ2n) is 6.28.